The van der Waals surface area contributed by atoms with E-state index in [-0.39, 0.29) is 11.3 Å². The van der Waals surface area contributed by atoms with Gasteiger partial charge in [0.1, 0.15) is 5.69 Å². The Balaban J connectivity index is 1.90. The van der Waals surface area contributed by atoms with Crippen LogP contribution in [-0.2, 0) is 11.8 Å². The number of nitrogens with one attached hydrogen (secondary N) is 1. The van der Waals surface area contributed by atoms with Crippen molar-refractivity contribution in [2.45, 2.75) is 6.92 Å². The number of hydrogen-bond acceptors (Lipinski definition) is 2. The molecule has 0 spiro atoms. The highest BCUT2D eigenvalue weighted by Crippen LogP contribution is 2.25. The summed E-state index contributed by atoms with van der Waals surface area (Å²) >= 11 is 0. The SMILES string of the molecule is Cn1cccc1C(=O)NCC1(C)COC1. The number of rotatable bonds is 3. The Morgan fingerprint density at radius 2 is 2.40 bits per heavy atom. The van der Waals surface area contributed by atoms with Gasteiger partial charge in [-0.1, -0.05) is 6.92 Å². The van der Waals surface area contributed by atoms with Crippen LogP contribution in [0.4, 0.5) is 0 Å². The first-order valence-corrected chi connectivity index (χ1v) is 5.08. The van der Waals surface area contributed by atoms with E-state index in [0.29, 0.717) is 12.2 Å². The normalized spacial score (nSPS) is 18.3. The van der Waals surface area contributed by atoms with Gasteiger partial charge in [0.2, 0.25) is 0 Å². The zero-order valence-corrected chi connectivity index (χ0v) is 9.12. The lowest BCUT2D eigenvalue weighted by atomic mass is 9.89. The number of aromatic nitrogens is 1. The standard InChI is InChI=1S/C11H16N2O2/c1-11(7-15-8-11)6-12-10(14)9-4-3-5-13(9)2/h3-5H,6-8H2,1-2H3,(H,12,14). The van der Waals surface area contributed by atoms with Crippen LogP contribution in [-0.4, -0.2) is 30.2 Å². The van der Waals surface area contributed by atoms with Gasteiger partial charge in [-0.25, -0.2) is 0 Å². The Labute approximate surface area is 89.2 Å². The molecule has 0 unspecified atom stereocenters. The number of nitrogens with zero attached hydrogens (tertiary/aromatic N) is 1. The Bertz CT molecular complexity index is 366. The zero-order valence-electron chi connectivity index (χ0n) is 9.12. The maximum Gasteiger partial charge on any atom is 0.267 e. The maximum atomic E-state index is 11.7. The molecule has 1 aliphatic rings. The van der Waals surface area contributed by atoms with Crippen molar-refractivity contribution < 1.29 is 9.53 Å². The minimum absolute atomic E-state index is 0.0179. The second-order valence-corrected chi connectivity index (χ2v) is 4.49. The molecule has 0 saturated carbocycles. The van der Waals surface area contributed by atoms with Crippen molar-refractivity contribution in [2.24, 2.45) is 12.5 Å². The smallest absolute Gasteiger partial charge is 0.267 e. The molecule has 15 heavy (non-hydrogen) atoms. The van der Waals surface area contributed by atoms with Crippen LogP contribution in [0.25, 0.3) is 0 Å². The summed E-state index contributed by atoms with van der Waals surface area (Å²) in [4.78, 5) is 11.7. The molecule has 1 amide bonds. The Hall–Kier alpha value is -1.29. The topological polar surface area (TPSA) is 43.3 Å². The monoisotopic (exact) mass is 208 g/mol. The number of amides is 1. The van der Waals surface area contributed by atoms with Gasteiger partial charge >= 0.3 is 0 Å². The van der Waals surface area contributed by atoms with E-state index in [0.717, 1.165) is 13.2 Å². The van der Waals surface area contributed by atoms with E-state index in [1.165, 1.54) is 0 Å². The largest absolute Gasteiger partial charge is 0.380 e. The predicted octanol–water partition coefficient (Wildman–Crippen LogP) is 0.791. The summed E-state index contributed by atoms with van der Waals surface area (Å²) < 4.78 is 6.94. The molecule has 2 rings (SSSR count). The lowest BCUT2D eigenvalue weighted by molar-refractivity contribution is -0.0978. The molecule has 0 aromatic carbocycles. The van der Waals surface area contributed by atoms with Crippen molar-refractivity contribution in [3.8, 4) is 0 Å². The van der Waals surface area contributed by atoms with Crippen LogP contribution < -0.4 is 5.32 Å². The molecule has 82 valence electrons. The van der Waals surface area contributed by atoms with Crippen LogP contribution in [0.3, 0.4) is 0 Å². The summed E-state index contributed by atoms with van der Waals surface area (Å²) in [5, 5.41) is 2.93. The fraction of sp³-hybridized carbons (Fsp3) is 0.545. The van der Waals surface area contributed by atoms with E-state index in [1.807, 2.05) is 29.9 Å². The van der Waals surface area contributed by atoms with E-state index < -0.39 is 0 Å². The van der Waals surface area contributed by atoms with Gasteiger partial charge in [0.15, 0.2) is 0 Å². The highest BCUT2D eigenvalue weighted by Gasteiger charge is 2.33. The molecule has 4 heteroatoms. The fourth-order valence-electron chi connectivity index (χ4n) is 1.63. The lowest BCUT2D eigenvalue weighted by Crippen LogP contribution is -2.48. The van der Waals surface area contributed by atoms with Crippen molar-refractivity contribution in [1.29, 1.82) is 0 Å². The molecule has 1 N–H and O–H groups in total. The summed E-state index contributed by atoms with van der Waals surface area (Å²) in [5.41, 5.74) is 0.819. The van der Waals surface area contributed by atoms with Crippen molar-refractivity contribution in [3.63, 3.8) is 0 Å². The summed E-state index contributed by atoms with van der Waals surface area (Å²) in [5.74, 6) is -0.0179. The highest BCUT2D eigenvalue weighted by molar-refractivity contribution is 5.92. The van der Waals surface area contributed by atoms with E-state index in [9.17, 15) is 4.79 Å². The van der Waals surface area contributed by atoms with Gasteiger partial charge in [-0.3, -0.25) is 4.79 Å². The van der Waals surface area contributed by atoms with Crippen LogP contribution in [0, 0.1) is 5.41 Å². The molecule has 0 bridgehead atoms. The summed E-state index contributed by atoms with van der Waals surface area (Å²) in [7, 11) is 1.86. The predicted molar refractivity (Wildman–Crippen MR) is 56.7 cm³/mol. The van der Waals surface area contributed by atoms with E-state index in [2.05, 4.69) is 12.2 Å². The van der Waals surface area contributed by atoms with Gasteiger partial charge in [0, 0.05) is 25.2 Å². The zero-order chi connectivity index (χ0) is 10.9. The van der Waals surface area contributed by atoms with Gasteiger partial charge in [-0.15, -0.1) is 0 Å². The van der Waals surface area contributed by atoms with Gasteiger partial charge in [0.25, 0.3) is 5.91 Å². The molecule has 1 aliphatic heterocycles. The van der Waals surface area contributed by atoms with E-state index in [1.54, 1.807) is 0 Å². The number of ether oxygens (including phenoxy) is 1. The average molecular weight is 208 g/mol. The van der Waals surface area contributed by atoms with Crippen molar-refractivity contribution in [3.05, 3.63) is 24.0 Å². The number of aryl methyl sites for hydroxylation is 1. The molecule has 2 heterocycles. The third kappa shape index (κ3) is 2.04. The molecule has 0 radical (unpaired) electrons. The summed E-state index contributed by atoms with van der Waals surface area (Å²) in [6, 6.07) is 3.68. The number of carbonyl (C=O) groups excluding carboxylic acids is 1. The highest BCUT2D eigenvalue weighted by atomic mass is 16.5. The minimum Gasteiger partial charge on any atom is -0.380 e. The van der Waals surface area contributed by atoms with Gasteiger partial charge in [-0.2, -0.15) is 0 Å². The average Bonchev–Trinajstić information content (AvgIpc) is 2.58. The second-order valence-electron chi connectivity index (χ2n) is 4.49. The minimum atomic E-state index is -0.0179. The molecule has 1 saturated heterocycles. The van der Waals surface area contributed by atoms with E-state index in [4.69, 9.17) is 4.74 Å². The first kappa shape index (κ1) is 10.2. The molecule has 4 nitrogen and oxygen atoms in total. The van der Waals surface area contributed by atoms with Crippen LogP contribution in [0.1, 0.15) is 17.4 Å². The molecule has 0 aliphatic carbocycles. The van der Waals surface area contributed by atoms with E-state index >= 15 is 0 Å². The van der Waals surface area contributed by atoms with Gasteiger partial charge < -0.3 is 14.6 Å². The quantitative estimate of drug-likeness (QED) is 0.798. The first-order valence-electron chi connectivity index (χ1n) is 5.08. The number of carbonyl (C=O) groups is 1. The van der Waals surface area contributed by atoms with Crippen molar-refractivity contribution >= 4 is 5.91 Å². The Morgan fingerprint density at radius 1 is 1.67 bits per heavy atom. The Kier molecular flexibility index (Phi) is 2.52. The summed E-state index contributed by atoms with van der Waals surface area (Å²) in [6.45, 7) is 4.26. The third-order valence-corrected chi connectivity index (χ3v) is 2.75. The molecule has 0 atom stereocenters. The molecular weight excluding hydrogens is 192 g/mol. The third-order valence-electron chi connectivity index (χ3n) is 2.75. The fourth-order valence-corrected chi connectivity index (χ4v) is 1.63. The molecule has 1 aromatic heterocycles. The van der Waals surface area contributed by atoms with Crippen molar-refractivity contribution in [2.75, 3.05) is 19.8 Å². The van der Waals surface area contributed by atoms with Crippen LogP contribution in [0.5, 0.6) is 0 Å². The van der Waals surface area contributed by atoms with Crippen molar-refractivity contribution in [1.82, 2.24) is 9.88 Å². The van der Waals surface area contributed by atoms with Crippen LogP contribution in [0.2, 0.25) is 0 Å². The number of hydrogen-bond donors (Lipinski definition) is 1. The second kappa shape index (κ2) is 3.70. The molecule has 1 aromatic rings. The molecular formula is C11H16N2O2. The van der Waals surface area contributed by atoms with Gasteiger partial charge in [-0.05, 0) is 12.1 Å². The van der Waals surface area contributed by atoms with Gasteiger partial charge in [0.05, 0.1) is 13.2 Å². The first-order chi connectivity index (χ1) is 7.11. The summed E-state index contributed by atoms with van der Waals surface area (Å²) in [6.07, 6.45) is 1.86. The molecule has 1 fully saturated rings. The van der Waals surface area contributed by atoms with Crippen LogP contribution >= 0.6 is 0 Å². The van der Waals surface area contributed by atoms with Crippen LogP contribution in [0.15, 0.2) is 18.3 Å². The lowest BCUT2D eigenvalue weighted by Gasteiger charge is -2.37. The Morgan fingerprint density at radius 3 is 2.87 bits per heavy atom. The maximum absolute atomic E-state index is 11.7.